The molecule has 0 atom stereocenters. The molecule has 4 rings (SSSR count). The summed E-state index contributed by atoms with van der Waals surface area (Å²) in [5.74, 6) is 0.375. The maximum absolute atomic E-state index is 12.6. The molecule has 0 fully saturated rings. The minimum absolute atomic E-state index is 0.0653. The predicted molar refractivity (Wildman–Crippen MR) is 92.5 cm³/mol. The number of fused-ring (bicyclic) bond motifs is 3. The number of aromatic nitrogens is 4. The molecule has 0 N–H and O–H groups in total. The van der Waals surface area contributed by atoms with Gasteiger partial charge in [0, 0.05) is 7.05 Å². The van der Waals surface area contributed by atoms with Gasteiger partial charge in [-0.2, -0.15) is 5.26 Å². The van der Waals surface area contributed by atoms with Gasteiger partial charge in [-0.25, -0.2) is 9.08 Å². The fourth-order valence-corrected chi connectivity index (χ4v) is 3.01. The first-order valence-electron chi connectivity index (χ1n) is 7.67. The zero-order valence-corrected chi connectivity index (χ0v) is 13.4. The van der Waals surface area contributed by atoms with E-state index in [4.69, 9.17) is 0 Å². The van der Waals surface area contributed by atoms with Gasteiger partial charge in [0.1, 0.15) is 0 Å². The van der Waals surface area contributed by atoms with Crippen LogP contribution in [0.25, 0.3) is 16.8 Å². The summed E-state index contributed by atoms with van der Waals surface area (Å²) >= 11 is 0. The van der Waals surface area contributed by atoms with Gasteiger partial charge in [-0.05, 0) is 23.8 Å². The normalized spacial score (nSPS) is 11.0. The van der Waals surface area contributed by atoms with Crippen molar-refractivity contribution in [1.82, 2.24) is 18.7 Å². The molecule has 7 nitrogen and oxygen atoms in total. The molecule has 0 saturated heterocycles. The Labute approximate surface area is 141 Å². The Kier molecular flexibility index (Phi) is 3.25. The van der Waals surface area contributed by atoms with Gasteiger partial charge in [-0.15, -0.1) is 5.10 Å². The maximum atomic E-state index is 12.6. The van der Waals surface area contributed by atoms with Crippen molar-refractivity contribution in [3.05, 3.63) is 80.4 Å². The molecule has 122 valence electrons. The molecule has 0 aliphatic carbocycles. The molecule has 4 aromatic rings. The lowest BCUT2D eigenvalue weighted by atomic mass is 10.1. The summed E-state index contributed by atoms with van der Waals surface area (Å²) in [7, 11) is 1.79. The standard InChI is InChI=1S/C18H13N5O2/c1-21-14-8-4-5-9-15(14)23-17(25)16(24)22(20-18(21)23)11-13-7-3-2-6-12(13)10-19/h2-9H,11H2,1H3. The third-order valence-corrected chi connectivity index (χ3v) is 4.27. The van der Waals surface area contributed by atoms with Crippen molar-refractivity contribution < 1.29 is 0 Å². The molecule has 7 heteroatoms. The van der Waals surface area contributed by atoms with Crippen molar-refractivity contribution in [1.29, 1.82) is 5.26 Å². The van der Waals surface area contributed by atoms with Crippen molar-refractivity contribution in [3.8, 4) is 6.07 Å². The van der Waals surface area contributed by atoms with Crippen LogP contribution in [0.2, 0.25) is 0 Å². The fourth-order valence-electron chi connectivity index (χ4n) is 3.01. The first-order chi connectivity index (χ1) is 12.1. The highest BCUT2D eigenvalue weighted by atomic mass is 16.2. The molecule has 25 heavy (non-hydrogen) atoms. The predicted octanol–water partition coefficient (Wildman–Crippen LogP) is 1.27. The lowest BCUT2D eigenvalue weighted by Gasteiger charge is -2.07. The quantitative estimate of drug-likeness (QED) is 0.518. The van der Waals surface area contributed by atoms with E-state index in [9.17, 15) is 14.9 Å². The number of nitrogens with zero attached hydrogens (tertiary/aromatic N) is 5. The Bertz CT molecular complexity index is 1290. The smallest absolute Gasteiger partial charge is 0.311 e. The summed E-state index contributed by atoms with van der Waals surface area (Å²) in [6, 6.07) is 16.3. The number of nitriles is 1. The van der Waals surface area contributed by atoms with E-state index >= 15 is 0 Å². The first-order valence-corrected chi connectivity index (χ1v) is 7.67. The molecule has 0 saturated carbocycles. The lowest BCUT2D eigenvalue weighted by Crippen LogP contribution is -2.40. The van der Waals surface area contributed by atoms with Crippen molar-refractivity contribution in [2.75, 3.05) is 0 Å². The molecule has 2 heterocycles. The highest BCUT2D eigenvalue weighted by molar-refractivity contribution is 5.80. The second-order valence-electron chi connectivity index (χ2n) is 5.72. The number of para-hydroxylation sites is 2. The van der Waals surface area contributed by atoms with E-state index in [2.05, 4.69) is 11.2 Å². The van der Waals surface area contributed by atoms with Crippen LogP contribution in [0, 0.1) is 11.3 Å². The van der Waals surface area contributed by atoms with Gasteiger partial charge in [0.2, 0.25) is 5.78 Å². The zero-order chi connectivity index (χ0) is 17.6. The summed E-state index contributed by atoms with van der Waals surface area (Å²) in [6.07, 6.45) is 0. The molecule has 0 bridgehead atoms. The number of aryl methyl sites for hydroxylation is 1. The number of benzene rings is 2. The molecule has 0 radical (unpaired) electrons. The number of rotatable bonds is 2. The van der Waals surface area contributed by atoms with Gasteiger partial charge in [0.15, 0.2) is 0 Å². The Morgan fingerprint density at radius 2 is 1.68 bits per heavy atom. The van der Waals surface area contributed by atoms with Crippen molar-refractivity contribution >= 4 is 16.8 Å². The van der Waals surface area contributed by atoms with Crippen molar-refractivity contribution in [3.63, 3.8) is 0 Å². The molecular formula is C18H13N5O2. The van der Waals surface area contributed by atoms with Gasteiger partial charge in [-0.1, -0.05) is 30.3 Å². The highest BCUT2D eigenvalue weighted by Gasteiger charge is 2.16. The van der Waals surface area contributed by atoms with E-state index in [0.717, 1.165) is 10.2 Å². The summed E-state index contributed by atoms with van der Waals surface area (Å²) < 4.78 is 4.21. The van der Waals surface area contributed by atoms with Crippen LogP contribution in [-0.4, -0.2) is 18.7 Å². The van der Waals surface area contributed by atoms with Crippen LogP contribution >= 0.6 is 0 Å². The van der Waals surface area contributed by atoms with Crippen LogP contribution in [-0.2, 0) is 13.6 Å². The van der Waals surface area contributed by atoms with Gasteiger partial charge >= 0.3 is 11.1 Å². The third-order valence-electron chi connectivity index (χ3n) is 4.27. The van der Waals surface area contributed by atoms with Gasteiger partial charge in [-0.3, -0.25) is 9.59 Å². The van der Waals surface area contributed by atoms with E-state index in [-0.39, 0.29) is 6.54 Å². The minimum Gasteiger partial charge on any atom is -0.311 e. The van der Waals surface area contributed by atoms with Crippen molar-refractivity contribution in [2.45, 2.75) is 6.54 Å². The molecular weight excluding hydrogens is 318 g/mol. The van der Waals surface area contributed by atoms with Crippen LogP contribution in [0.1, 0.15) is 11.1 Å². The first kappa shape index (κ1) is 14.9. The Hall–Kier alpha value is -3.66. The Balaban J connectivity index is 2.01. The average Bonchev–Trinajstić information content (AvgIpc) is 2.92. The van der Waals surface area contributed by atoms with E-state index in [1.54, 1.807) is 41.9 Å². The molecule has 2 aromatic carbocycles. The second-order valence-corrected chi connectivity index (χ2v) is 5.72. The molecule has 0 aliphatic heterocycles. The minimum atomic E-state index is -0.721. The average molecular weight is 331 g/mol. The molecule has 0 unspecified atom stereocenters. The topological polar surface area (TPSA) is 85.1 Å². The van der Waals surface area contributed by atoms with Crippen LogP contribution < -0.4 is 11.1 Å². The van der Waals surface area contributed by atoms with Gasteiger partial charge in [0.25, 0.3) is 0 Å². The van der Waals surface area contributed by atoms with Crippen LogP contribution in [0.3, 0.4) is 0 Å². The Morgan fingerprint density at radius 3 is 2.44 bits per heavy atom. The zero-order valence-electron chi connectivity index (χ0n) is 13.4. The molecule has 0 amide bonds. The van der Waals surface area contributed by atoms with Crippen molar-refractivity contribution in [2.24, 2.45) is 7.05 Å². The molecule has 0 spiro atoms. The summed E-state index contributed by atoms with van der Waals surface area (Å²) in [6.45, 7) is 0.0653. The Morgan fingerprint density at radius 1 is 1.00 bits per heavy atom. The van der Waals surface area contributed by atoms with E-state index in [1.807, 2.05) is 18.2 Å². The number of hydrogen-bond acceptors (Lipinski definition) is 4. The SMILES string of the molecule is Cn1c2ccccc2n2c(=O)c(=O)n(Cc3ccccc3C#N)nc12. The van der Waals surface area contributed by atoms with Gasteiger partial charge < -0.3 is 4.57 Å². The van der Waals surface area contributed by atoms with Crippen LogP contribution in [0.4, 0.5) is 0 Å². The number of hydrogen-bond donors (Lipinski definition) is 0. The van der Waals surface area contributed by atoms with E-state index in [0.29, 0.717) is 22.4 Å². The van der Waals surface area contributed by atoms with Crippen LogP contribution in [0.5, 0.6) is 0 Å². The second kappa shape index (κ2) is 5.46. The fraction of sp³-hybridized carbons (Fsp3) is 0.111. The largest absolute Gasteiger partial charge is 0.333 e. The molecule has 0 aliphatic rings. The number of imidazole rings is 1. The third kappa shape index (κ3) is 2.16. The highest BCUT2D eigenvalue weighted by Crippen LogP contribution is 2.15. The van der Waals surface area contributed by atoms with Gasteiger partial charge in [0.05, 0.1) is 29.2 Å². The summed E-state index contributed by atoms with van der Waals surface area (Å²) in [4.78, 5) is 25.1. The lowest BCUT2D eigenvalue weighted by molar-refractivity contribution is 0.617. The monoisotopic (exact) mass is 331 g/mol. The summed E-state index contributed by atoms with van der Waals surface area (Å²) in [5.41, 5.74) is 1.16. The van der Waals surface area contributed by atoms with E-state index < -0.39 is 11.1 Å². The van der Waals surface area contributed by atoms with E-state index in [1.165, 1.54) is 4.40 Å². The maximum Gasteiger partial charge on any atom is 0.333 e. The summed E-state index contributed by atoms with van der Waals surface area (Å²) in [5, 5.41) is 13.6. The van der Waals surface area contributed by atoms with Crippen LogP contribution in [0.15, 0.2) is 58.1 Å². The molecule has 2 aromatic heterocycles.